The van der Waals surface area contributed by atoms with Gasteiger partial charge in [-0.25, -0.2) is 4.68 Å². The number of nitrogens with zero attached hydrogens (tertiary/aromatic N) is 5. The van der Waals surface area contributed by atoms with Crippen LogP contribution in [0.15, 0.2) is 5.16 Å². The molecule has 0 aliphatic rings. The minimum atomic E-state index is 0.0720. The van der Waals surface area contributed by atoms with Gasteiger partial charge in [0.2, 0.25) is 11.1 Å². The van der Waals surface area contributed by atoms with Gasteiger partial charge in [0.05, 0.1) is 18.9 Å². The molecule has 21 heavy (non-hydrogen) atoms. The maximum absolute atomic E-state index is 11.9. The van der Waals surface area contributed by atoms with Crippen LogP contribution in [-0.4, -0.2) is 76.7 Å². The number of nitrogens with one attached hydrogen (secondary N) is 1. The summed E-state index contributed by atoms with van der Waals surface area (Å²) >= 11 is 1.36. The van der Waals surface area contributed by atoms with Gasteiger partial charge in [0, 0.05) is 33.3 Å². The van der Waals surface area contributed by atoms with Gasteiger partial charge >= 0.3 is 0 Å². The van der Waals surface area contributed by atoms with Crippen molar-refractivity contribution in [2.75, 3.05) is 39.6 Å². The van der Waals surface area contributed by atoms with E-state index in [9.17, 15) is 4.79 Å². The number of carbonyl (C=O) groups is 1. The number of rotatable bonds is 10. The van der Waals surface area contributed by atoms with Crippen molar-refractivity contribution >= 4 is 17.7 Å². The van der Waals surface area contributed by atoms with Crippen LogP contribution >= 0.6 is 11.8 Å². The fourth-order valence-electron chi connectivity index (χ4n) is 1.44. The van der Waals surface area contributed by atoms with Crippen LogP contribution in [0.5, 0.6) is 0 Å². The molecule has 1 aromatic rings. The Bertz CT molecular complexity index is 426. The van der Waals surface area contributed by atoms with Gasteiger partial charge in [-0.15, -0.1) is 5.10 Å². The van der Waals surface area contributed by atoms with Crippen LogP contribution < -0.4 is 5.32 Å². The third-order valence-corrected chi connectivity index (χ3v) is 3.92. The summed E-state index contributed by atoms with van der Waals surface area (Å²) < 4.78 is 6.66. The minimum Gasteiger partial charge on any atom is -0.383 e. The second-order valence-corrected chi connectivity index (χ2v) is 5.76. The molecule has 8 nitrogen and oxygen atoms in total. The summed E-state index contributed by atoms with van der Waals surface area (Å²) in [4.78, 5) is 13.6. The first-order chi connectivity index (χ1) is 10.1. The van der Waals surface area contributed by atoms with Crippen LogP contribution in [-0.2, 0) is 16.1 Å². The molecule has 1 rings (SSSR count). The van der Waals surface area contributed by atoms with E-state index >= 15 is 0 Å². The summed E-state index contributed by atoms with van der Waals surface area (Å²) in [5.41, 5.74) is 0. The van der Waals surface area contributed by atoms with Gasteiger partial charge in [0.25, 0.3) is 0 Å². The number of thioether (sulfide) groups is 1. The van der Waals surface area contributed by atoms with E-state index in [0.29, 0.717) is 24.1 Å². The quantitative estimate of drug-likeness (QED) is 0.475. The van der Waals surface area contributed by atoms with E-state index in [1.165, 1.54) is 11.8 Å². The monoisotopic (exact) mass is 316 g/mol. The number of carbonyl (C=O) groups excluding carboxylic acids is 1. The zero-order valence-electron chi connectivity index (χ0n) is 13.1. The van der Waals surface area contributed by atoms with E-state index < -0.39 is 0 Å². The highest BCUT2D eigenvalue weighted by Gasteiger charge is 2.14. The molecule has 0 aliphatic heterocycles. The van der Waals surface area contributed by atoms with E-state index in [1.54, 1.807) is 23.7 Å². The van der Waals surface area contributed by atoms with Crippen molar-refractivity contribution in [1.29, 1.82) is 0 Å². The van der Waals surface area contributed by atoms with Gasteiger partial charge in [0.1, 0.15) is 0 Å². The fraction of sp³-hybridized carbons (Fsp3) is 0.833. The minimum absolute atomic E-state index is 0.0720. The van der Waals surface area contributed by atoms with Gasteiger partial charge in [-0.2, -0.15) is 0 Å². The van der Waals surface area contributed by atoms with Crippen molar-refractivity contribution in [3.63, 3.8) is 0 Å². The van der Waals surface area contributed by atoms with Crippen molar-refractivity contribution in [3.05, 3.63) is 0 Å². The topological polar surface area (TPSA) is 85.2 Å². The summed E-state index contributed by atoms with van der Waals surface area (Å²) in [7, 11) is 3.47. The summed E-state index contributed by atoms with van der Waals surface area (Å²) in [5.74, 6) is 0.411. The Morgan fingerprint density at radius 1 is 1.48 bits per heavy atom. The Morgan fingerprint density at radius 2 is 2.24 bits per heavy atom. The van der Waals surface area contributed by atoms with Crippen LogP contribution in [0.25, 0.3) is 0 Å². The Hall–Kier alpha value is -1.19. The normalized spacial score (nSPS) is 11.1. The van der Waals surface area contributed by atoms with Crippen molar-refractivity contribution in [3.8, 4) is 0 Å². The average Bonchev–Trinajstić information content (AvgIpc) is 2.91. The third kappa shape index (κ3) is 6.40. The van der Waals surface area contributed by atoms with Crippen molar-refractivity contribution in [2.45, 2.75) is 31.6 Å². The molecule has 0 saturated heterocycles. The zero-order chi connectivity index (χ0) is 15.7. The molecule has 9 heteroatoms. The third-order valence-electron chi connectivity index (χ3n) is 2.98. The number of hydrogen-bond acceptors (Lipinski definition) is 7. The van der Waals surface area contributed by atoms with Crippen LogP contribution in [0, 0.1) is 0 Å². The number of tetrazole rings is 1. The smallest absolute Gasteiger partial charge is 0.233 e. The first kappa shape index (κ1) is 17.9. The van der Waals surface area contributed by atoms with Crippen LogP contribution in [0.1, 0.15) is 13.8 Å². The predicted molar refractivity (Wildman–Crippen MR) is 81.2 cm³/mol. The molecule has 120 valence electrons. The van der Waals surface area contributed by atoms with Gasteiger partial charge in [-0.1, -0.05) is 11.8 Å². The number of methoxy groups -OCH3 is 1. The molecule has 0 atom stereocenters. The summed E-state index contributed by atoms with van der Waals surface area (Å²) in [6, 6.07) is 0.194. The maximum atomic E-state index is 11.9. The molecule has 1 N–H and O–H groups in total. The van der Waals surface area contributed by atoms with E-state index in [0.717, 1.165) is 13.1 Å². The fourth-order valence-corrected chi connectivity index (χ4v) is 2.27. The highest BCUT2D eigenvalue weighted by atomic mass is 32.2. The van der Waals surface area contributed by atoms with Crippen LogP contribution in [0.4, 0.5) is 0 Å². The SMILES string of the molecule is COCCNCCn1nnnc1SCC(=O)N(C)C(C)C. The lowest BCUT2D eigenvalue weighted by Crippen LogP contribution is -2.34. The van der Waals surface area contributed by atoms with E-state index in [-0.39, 0.29) is 11.9 Å². The summed E-state index contributed by atoms with van der Waals surface area (Å²) in [6.07, 6.45) is 0. The molecule has 1 aromatic heterocycles. The Morgan fingerprint density at radius 3 is 2.90 bits per heavy atom. The van der Waals surface area contributed by atoms with Crippen molar-refractivity contribution in [2.24, 2.45) is 0 Å². The predicted octanol–water partition coefficient (Wildman–Crippen LogP) is -0.132. The van der Waals surface area contributed by atoms with Gasteiger partial charge < -0.3 is 15.0 Å². The van der Waals surface area contributed by atoms with E-state index in [2.05, 4.69) is 20.8 Å². The van der Waals surface area contributed by atoms with Crippen molar-refractivity contribution in [1.82, 2.24) is 30.4 Å². The first-order valence-corrected chi connectivity index (χ1v) is 7.89. The van der Waals surface area contributed by atoms with Crippen molar-refractivity contribution < 1.29 is 9.53 Å². The molecule has 0 aromatic carbocycles. The van der Waals surface area contributed by atoms with E-state index in [1.807, 2.05) is 13.8 Å². The lowest BCUT2D eigenvalue weighted by Gasteiger charge is -2.20. The summed E-state index contributed by atoms with van der Waals surface area (Å²) in [6.45, 7) is 6.84. The molecule has 0 radical (unpaired) electrons. The molecule has 0 spiro atoms. The molecular weight excluding hydrogens is 292 g/mol. The van der Waals surface area contributed by atoms with E-state index in [4.69, 9.17) is 4.74 Å². The number of aromatic nitrogens is 4. The maximum Gasteiger partial charge on any atom is 0.233 e. The second-order valence-electron chi connectivity index (χ2n) is 4.81. The second kappa shape index (κ2) is 9.69. The molecule has 0 saturated carbocycles. The van der Waals surface area contributed by atoms with Gasteiger partial charge in [0.15, 0.2) is 0 Å². The molecule has 0 unspecified atom stereocenters. The van der Waals surface area contributed by atoms with Gasteiger partial charge in [-0.05, 0) is 24.3 Å². The highest BCUT2D eigenvalue weighted by molar-refractivity contribution is 7.99. The van der Waals surface area contributed by atoms with Crippen LogP contribution in [0.2, 0.25) is 0 Å². The first-order valence-electron chi connectivity index (χ1n) is 6.90. The molecule has 0 fully saturated rings. The molecule has 0 aliphatic carbocycles. The lowest BCUT2D eigenvalue weighted by molar-refractivity contribution is -0.128. The highest BCUT2D eigenvalue weighted by Crippen LogP contribution is 2.14. The number of hydrogen-bond donors (Lipinski definition) is 1. The molecular formula is C12H24N6O2S. The Labute approximate surface area is 129 Å². The molecule has 0 bridgehead atoms. The summed E-state index contributed by atoms with van der Waals surface area (Å²) in [5, 5.41) is 15.4. The number of ether oxygens (including phenoxy) is 1. The van der Waals surface area contributed by atoms with Gasteiger partial charge in [-0.3, -0.25) is 4.79 Å². The average molecular weight is 316 g/mol. The molecule has 1 amide bonds. The Balaban J connectivity index is 2.36. The lowest BCUT2D eigenvalue weighted by atomic mass is 10.3. The standard InChI is InChI=1S/C12H24N6O2S/c1-10(2)17(3)11(19)9-21-12-14-15-16-18(12)7-5-13-6-8-20-4/h10,13H,5-9H2,1-4H3. The Kier molecular flexibility index (Phi) is 8.24. The zero-order valence-corrected chi connectivity index (χ0v) is 13.9. The molecule has 1 heterocycles. The number of amides is 1. The van der Waals surface area contributed by atoms with Crippen LogP contribution in [0.3, 0.4) is 0 Å². The largest absolute Gasteiger partial charge is 0.383 e.